The van der Waals surface area contributed by atoms with E-state index < -0.39 is 0 Å². The Morgan fingerprint density at radius 1 is 1.23 bits per heavy atom. The van der Waals surface area contributed by atoms with Crippen molar-refractivity contribution >= 4 is 11.6 Å². The zero-order chi connectivity index (χ0) is 9.64. The maximum atomic E-state index is 5.98. The van der Waals surface area contributed by atoms with E-state index in [0.29, 0.717) is 12.0 Å². The molecule has 2 rings (SSSR count). The Bertz CT molecular complexity index is 315. The molecule has 1 aliphatic rings. The van der Waals surface area contributed by atoms with Crippen LogP contribution in [0.2, 0.25) is 5.02 Å². The highest BCUT2D eigenvalue weighted by atomic mass is 35.5. The average Bonchev–Trinajstić information content (AvgIpc) is 2.55. The van der Waals surface area contributed by atoms with Gasteiger partial charge in [-0.05, 0) is 23.1 Å². The Morgan fingerprint density at radius 2 is 1.69 bits per heavy atom. The lowest BCUT2D eigenvalue weighted by atomic mass is 10.0. The molecule has 0 radical (unpaired) electrons. The van der Waals surface area contributed by atoms with Gasteiger partial charge in [0.15, 0.2) is 0 Å². The van der Waals surface area contributed by atoms with Crippen LogP contribution in [0.5, 0.6) is 0 Å². The molecule has 2 atom stereocenters. The Kier molecular flexibility index (Phi) is 1.90. The van der Waals surface area contributed by atoms with Gasteiger partial charge < -0.3 is 5.73 Å². The van der Waals surface area contributed by atoms with Gasteiger partial charge in [0.2, 0.25) is 0 Å². The van der Waals surface area contributed by atoms with E-state index in [1.54, 1.807) is 0 Å². The first-order valence-corrected chi connectivity index (χ1v) is 4.92. The molecule has 0 heterocycles. The van der Waals surface area contributed by atoms with E-state index in [-0.39, 0.29) is 5.41 Å². The molecule has 0 saturated heterocycles. The first kappa shape index (κ1) is 9.04. The van der Waals surface area contributed by atoms with Crippen LogP contribution in [0.4, 0.5) is 0 Å². The molecule has 2 N–H and O–H groups in total. The van der Waals surface area contributed by atoms with Crippen LogP contribution in [0.25, 0.3) is 0 Å². The van der Waals surface area contributed by atoms with E-state index in [0.717, 1.165) is 5.02 Å². The maximum absolute atomic E-state index is 5.98. The molecule has 1 aromatic rings. The molecule has 0 amide bonds. The molecule has 1 fully saturated rings. The van der Waals surface area contributed by atoms with Crippen molar-refractivity contribution < 1.29 is 0 Å². The fourth-order valence-corrected chi connectivity index (χ4v) is 2.11. The highest BCUT2D eigenvalue weighted by Crippen LogP contribution is 2.57. The van der Waals surface area contributed by atoms with Crippen LogP contribution in [0.15, 0.2) is 24.3 Å². The number of hydrogen-bond donors (Lipinski definition) is 1. The molecule has 0 aliphatic heterocycles. The Morgan fingerprint density at radius 3 is 2.08 bits per heavy atom. The SMILES string of the molecule is CC1(C)[C@@H](N)[C@@H]1c1ccc(Cl)cc1. The number of nitrogens with two attached hydrogens (primary N) is 1. The maximum Gasteiger partial charge on any atom is 0.0406 e. The average molecular weight is 196 g/mol. The zero-order valence-corrected chi connectivity index (χ0v) is 8.68. The van der Waals surface area contributed by atoms with Crippen LogP contribution in [0.1, 0.15) is 25.3 Å². The van der Waals surface area contributed by atoms with Gasteiger partial charge in [-0.1, -0.05) is 37.6 Å². The van der Waals surface area contributed by atoms with Gasteiger partial charge in [0.1, 0.15) is 0 Å². The third-order valence-corrected chi connectivity index (χ3v) is 3.39. The Labute approximate surface area is 83.9 Å². The van der Waals surface area contributed by atoms with E-state index in [2.05, 4.69) is 26.0 Å². The molecule has 70 valence electrons. The van der Waals surface area contributed by atoms with Crippen molar-refractivity contribution in [3.63, 3.8) is 0 Å². The van der Waals surface area contributed by atoms with Gasteiger partial charge >= 0.3 is 0 Å². The zero-order valence-electron chi connectivity index (χ0n) is 7.92. The second kappa shape index (κ2) is 2.73. The van der Waals surface area contributed by atoms with Gasteiger partial charge in [-0.3, -0.25) is 0 Å². The lowest BCUT2D eigenvalue weighted by Crippen LogP contribution is -2.06. The molecule has 0 aromatic heterocycles. The van der Waals surface area contributed by atoms with Crippen molar-refractivity contribution in [1.29, 1.82) is 0 Å². The summed E-state index contributed by atoms with van der Waals surface area (Å²) in [5.74, 6) is 0.504. The summed E-state index contributed by atoms with van der Waals surface area (Å²) in [4.78, 5) is 0. The van der Waals surface area contributed by atoms with Crippen molar-refractivity contribution in [3.05, 3.63) is 34.9 Å². The summed E-state index contributed by atoms with van der Waals surface area (Å²) < 4.78 is 0. The van der Waals surface area contributed by atoms with Gasteiger partial charge in [-0.15, -0.1) is 0 Å². The molecule has 0 spiro atoms. The molecule has 0 bridgehead atoms. The summed E-state index contributed by atoms with van der Waals surface area (Å²) in [6.45, 7) is 4.41. The third kappa shape index (κ3) is 1.36. The standard InChI is InChI=1S/C11H14ClN/c1-11(2)9(10(11)13)7-3-5-8(12)6-4-7/h3-6,9-10H,13H2,1-2H3/t9-,10-/m0/s1. The lowest BCUT2D eigenvalue weighted by Gasteiger charge is -2.02. The quantitative estimate of drug-likeness (QED) is 0.733. The largest absolute Gasteiger partial charge is 0.327 e. The van der Waals surface area contributed by atoms with Crippen molar-refractivity contribution in [2.24, 2.45) is 11.1 Å². The smallest absolute Gasteiger partial charge is 0.0406 e. The second-order valence-electron chi connectivity index (χ2n) is 4.38. The second-order valence-corrected chi connectivity index (χ2v) is 4.81. The number of hydrogen-bond acceptors (Lipinski definition) is 1. The predicted octanol–water partition coefficient (Wildman–Crippen LogP) is 2.79. The Balaban J connectivity index is 2.25. The number of benzene rings is 1. The third-order valence-electron chi connectivity index (χ3n) is 3.14. The van der Waals surface area contributed by atoms with Crippen LogP contribution < -0.4 is 5.73 Å². The minimum atomic E-state index is 0.258. The first-order valence-electron chi connectivity index (χ1n) is 4.54. The minimum absolute atomic E-state index is 0.258. The number of halogens is 1. The summed E-state index contributed by atoms with van der Waals surface area (Å²) in [5.41, 5.74) is 7.55. The Hall–Kier alpha value is -0.530. The highest BCUT2D eigenvalue weighted by Gasteiger charge is 2.55. The van der Waals surface area contributed by atoms with Crippen molar-refractivity contribution in [2.45, 2.75) is 25.8 Å². The van der Waals surface area contributed by atoms with Crippen LogP contribution in [-0.4, -0.2) is 6.04 Å². The molecule has 0 unspecified atom stereocenters. The highest BCUT2D eigenvalue weighted by molar-refractivity contribution is 6.30. The van der Waals surface area contributed by atoms with Crippen LogP contribution in [0.3, 0.4) is 0 Å². The molecular formula is C11H14ClN. The molecule has 1 saturated carbocycles. The van der Waals surface area contributed by atoms with Gasteiger partial charge in [0.25, 0.3) is 0 Å². The van der Waals surface area contributed by atoms with Crippen molar-refractivity contribution in [3.8, 4) is 0 Å². The van der Waals surface area contributed by atoms with Gasteiger partial charge in [0.05, 0.1) is 0 Å². The van der Waals surface area contributed by atoms with Crippen LogP contribution in [0, 0.1) is 5.41 Å². The minimum Gasteiger partial charge on any atom is -0.327 e. The molecule has 1 aromatic carbocycles. The summed E-state index contributed by atoms with van der Waals surface area (Å²) in [6, 6.07) is 8.30. The lowest BCUT2D eigenvalue weighted by molar-refractivity contribution is 0.599. The fourth-order valence-electron chi connectivity index (χ4n) is 1.98. The molecule has 2 heteroatoms. The van der Waals surface area contributed by atoms with E-state index in [4.69, 9.17) is 17.3 Å². The van der Waals surface area contributed by atoms with Gasteiger partial charge in [-0.25, -0.2) is 0 Å². The summed E-state index contributed by atoms with van der Waals surface area (Å²) in [5, 5.41) is 0.788. The van der Waals surface area contributed by atoms with Gasteiger partial charge in [-0.2, -0.15) is 0 Å². The van der Waals surface area contributed by atoms with E-state index >= 15 is 0 Å². The summed E-state index contributed by atoms with van der Waals surface area (Å²) in [6.07, 6.45) is 0. The van der Waals surface area contributed by atoms with Crippen LogP contribution >= 0.6 is 11.6 Å². The summed E-state index contributed by atoms with van der Waals surface area (Å²) >= 11 is 5.81. The molecule has 13 heavy (non-hydrogen) atoms. The predicted molar refractivity (Wildman–Crippen MR) is 55.9 cm³/mol. The normalized spacial score (nSPS) is 30.2. The summed E-state index contributed by atoms with van der Waals surface area (Å²) in [7, 11) is 0. The van der Waals surface area contributed by atoms with Crippen molar-refractivity contribution in [2.75, 3.05) is 0 Å². The van der Waals surface area contributed by atoms with Crippen LogP contribution in [-0.2, 0) is 0 Å². The van der Waals surface area contributed by atoms with E-state index in [1.165, 1.54) is 5.56 Å². The van der Waals surface area contributed by atoms with E-state index in [1.807, 2.05) is 12.1 Å². The van der Waals surface area contributed by atoms with E-state index in [9.17, 15) is 0 Å². The molecular weight excluding hydrogens is 182 g/mol. The first-order chi connectivity index (χ1) is 6.03. The monoisotopic (exact) mass is 195 g/mol. The topological polar surface area (TPSA) is 26.0 Å². The van der Waals surface area contributed by atoms with Crippen molar-refractivity contribution in [1.82, 2.24) is 0 Å². The van der Waals surface area contributed by atoms with Gasteiger partial charge in [0, 0.05) is 17.0 Å². The molecule has 1 aliphatic carbocycles. The molecule has 1 nitrogen and oxygen atoms in total. The fraction of sp³-hybridized carbons (Fsp3) is 0.455. The number of rotatable bonds is 1.